The highest BCUT2D eigenvalue weighted by Gasteiger charge is 2.19. The van der Waals surface area contributed by atoms with Crippen molar-refractivity contribution < 1.29 is 28.2 Å². The van der Waals surface area contributed by atoms with E-state index in [9.17, 15) is 9.59 Å². The number of ether oxygens (including phenoxy) is 3. The van der Waals surface area contributed by atoms with Crippen LogP contribution in [0.15, 0.2) is 71.3 Å². The fraction of sp³-hybridized carbons (Fsp3) is 0.154. The Morgan fingerprint density at radius 1 is 0.914 bits per heavy atom. The van der Waals surface area contributed by atoms with Gasteiger partial charge in [-0.3, -0.25) is 9.59 Å². The van der Waals surface area contributed by atoms with Gasteiger partial charge in [-0.15, -0.1) is 0 Å². The number of furan rings is 1. The summed E-state index contributed by atoms with van der Waals surface area (Å²) >= 11 is 6.24. The minimum atomic E-state index is -0.457. The minimum Gasteiger partial charge on any atom is -0.495 e. The molecule has 0 bridgehead atoms. The second-order valence-corrected chi connectivity index (χ2v) is 7.89. The van der Waals surface area contributed by atoms with E-state index < -0.39 is 5.91 Å². The lowest BCUT2D eigenvalue weighted by Gasteiger charge is -2.16. The Morgan fingerprint density at radius 3 is 2.34 bits per heavy atom. The van der Waals surface area contributed by atoms with Crippen LogP contribution in [0, 0.1) is 0 Å². The summed E-state index contributed by atoms with van der Waals surface area (Å²) < 4.78 is 21.6. The van der Waals surface area contributed by atoms with E-state index in [1.807, 2.05) is 24.3 Å². The molecule has 0 spiro atoms. The average Bonchev–Trinajstić information content (AvgIpc) is 3.39. The van der Waals surface area contributed by atoms with E-state index in [0.717, 1.165) is 10.8 Å². The number of amides is 2. The van der Waals surface area contributed by atoms with Crippen molar-refractivity contribution in [2.24, 2.45) is 0 Å². The second-order valence-electron chi connectivity index (χ2n) is 7.48. The van der Waals surface area contributed by atoms with Crippen molar-refractivity contribution >= 4 is 39.9 Å². The van der Waals surface area contributed by atoms with Gasteiger partial charge in [-0.25, -0.2) is 0 Å². The molecule has 0 aliphatic heterocycles. The molecule has 2 N–H and O–H groups in total. The van der Waals surface area contributed by atoms with Crippen LogP contribution in [0.3, 0.4) is 0 Å². The second kappa shape index (κ2) is 10.8. The maximum atomic E-state index is 13.3. The predicted molar refractivity (Wildman–Crippen MR) is 133 cm³/mol. The summed E-state index contributed by atoms with van der Waals surface area (Å²) in [5.74, 6) is 0.854. The Labute approximate surface area is 206 Å². The van der Waals surface area contributed by atoms with E-state index >= 15 is 0 Å². The zero-order valence-corrected chi connectivity index (χ0v) is 19.8. The van der Waals surface area contributed by atoms with E-state index in [4.69, 9.17) is 30.2 Å². The Morgan fingerprint density at radius 2 is 1.66 bits per heavy atom. The van der Waals surface area contributed by atoms with Gasteiger partial charge in [0.25, 0.3) is 11.8 Å². The Hall–Kier alpha value is -4.17. The molecular weight excluding hydrogens is 472 g/mol. The van der Waals surface area contributed by atoms with Crippen LogP contribution in [-0.4, -0.2) is 32.6 Å². The SMILES string of the molecule is COc1cc(OC)c(NC(=O)c2cc3ccccc3cc2OCC(=O)NCc2ccco2)cc1Cl. The largest absolute Gasteiger partial charge is 0.495 e. The molecule has 0 saturated carbocycles. The topological polar surface area (TPSA) is 99.0 Å². The van der Waals surface area contributed by atoms with Gasteiger partial charge in [-0.05, 0) is 41.1 Å². The Balaban J connectivity index is 1.57. The Kier molecular flexibility index (Phi) is 7.42. The van der Waals surface area contributed by atoms with Crippen LogP contribution < -0.4 is 24.8 Å². The van der Waals surface area contributed by atoms with Gasteiger partial charge >= 0.3 is 0 Å². The van der Waals surface area contributed by atoms with Crippen molar-refractivity contribution in [3.63, 3.8) is 0 Å². The quantitative estimate of drug-likeness (QED) is 0.338. The van der Waals surface area contributed by atoms with Crippen LogP contribution in [0.25, 0.3) is 10.8 Å². The first-order valence-corrected chi connectivity index (χ1v) is 11.0. The number of nitrogens with one attached hydrogen (secondary N) is 2. The molecule has 0 fully saturated rings. The number of carbonyl (C=O) groups is 2. The molecule has 0 atom stereocenters. The lowest BCUT2D eigenvalue weighted by molar-refractivity contribution is -0.123. The molecule has 1 aromatic heterocycles. The van der Waals surface area contributed by atoms with Gasteiger partial charge in [0.1, 0.15) is 23.0 Å². The third kappa shape index (κ3) is 5.67. The summed E-state index contributed by atoms with van der Waals surface area (Å²) in [7, 11) is 2.96. The highest BCUT2D eigenvalue weighted by Crippen LogP contribution is 2.36. The van der Waals surface area contributed by atoms with Gasteiger partial charge in [0.05, 0.1) is 43.3 Å². The number of halogens is 1. The predicted octanol–water partition coefficient (Wildman–Crippen LogP) is 5.05. The first-order chi connectivity index (χ1) is 17.0. The molecule has 0 unspecified atom stereocenters. The number of carbonyl (C=O) groups excluding carboxylic acids is 2. The smallest absolute Gasteiger partial charge is 0.259 e. The number of methoxy groups -OCH3 is 2. The van der Waals surface area contributed by atoms with Crippen molar-refractivity contribution in [3.05, 3.63) is 83.3 Å². The number of anilines is 1. The van der Waals surface area contributed by atoms with Gasteiger partial charge in [0, 0.05) is 6.07 Å². The number of fused-ring (bicyclic) bond motifs is 1. The summed E-state index contributed by atoms with van der Waals surface area (Å²) in [5.41, 5.74) is 0.607. The van der Waals surface area contributed by atoms with E-state index in [0.29, 0.717) is 28.0 Å². The van der Waals surface area contributed by atoms with E-state index in [2.05, 4.69) is 10.6 Å². The number of benzene rings is 3. The molecule has 9 heteroatoms. The van der Waals surface area contributed by atoms with Gasteiger partial charge < -0.3 is 29.3 Å². The van der Waals surface area contributed by atoms with Gasteiger partial charge in [-0.1, -0.05) is 35.9 Å². The van der Waals surface area contributed by atoms with Crippen molar-refractivity contribution in [2.75, 3.05) is 26.1 Å². The van der Waals surface area contributed by atoms with Crippen LogP contribution in [0.4, 0.5) is 5.69 Å². The molecule has 4 rings (SSSR count). The molecule has 3 aromatic carbocycles. The summed E-state index contributed by atoms with van der Waals surface area (Å²) in [6.45, 7) is -0.0463. The van der Waals surface area contributed by atoms with Crippen LogP contribution in [0.1, 0.15) is 16.1 Å². The average molecular weight is 495 g/mol. The van der Waals surface area contributed by atoms with E-state index in [-0.39, 0.29) is 30.4 Å². The summed E-state index contributed by atoms with van der Waals surface area (Å²) in [6.07, 6.45) is 1.53. The summed E-state index contributed by atoms with van der Waals surface area (Å²) in [4.78, 5) is 25.6. The molecule has 0 aliphatic carbocycles. The lowest BCUT2D eigenvalue weighted by atomic mass is 10.0. The van der Waals surface area contributed by atoms with E-state index in [1.165, 1.54) is 20.5 Å². The van der Waals surface area contributed by atoms with Crippen LogP contribution >= 0.6 is 11.6 Å². The number of hydrogen-bond donors (Lipinski definition) is 2. The molecule has 0 radical (unpaired) electrons. The standard InChI is InChI=1S/C26H23ClN2O6/c1-32-23-13-24(33-2)21(12-20(23)27)29-26(31)19-10-16-6-3-4-7-17(16)11-22(19)35-15-25(30)28-14-18-8-5-9-34-18/h3-13H,14-15H2,1-2H3,(H,28,30)(H,29,31). The van der Waals surface area contributed by atoms with Crippen molar-refractivity contribution in [2.45, 2.75) is 6.54 Å². The zero-order valence-electron chi connectivity index (χ0n) is 19.1. The number of rotatable bonds is 9. The molecule has 35 heavy (non-hydrogen) atoms. The van der Waals surface area contributed by atoms with Crippen LogP contribution in [0.2, 0.25) is 5.02 Å². The minimum absolute atomic E-state index is 0.234. The van der Waals surface area contributed by atoms with E-state index in [1.54, 1.807) is 36.4 Å². The normalized spacial score (nSPS) is 10.6. The monoisotopic (exact) mass is 494 g/mol. The first kappa shape index (κ1) is 24.0. The zero-order chi connectivity index (χ0) is 24.8. The molecule has 1 heterocycles. The summed E-state index contributed by atoms with van der Waals surface area (Å²) in [6, 6.07) is 17.6. The molecular formula is C26H23ClN2O6. The van der Waals surface area contributed by atoms with Crippen molar-refractivity contribution in [1.82, 2.24) is 5.32 Å². The molecule has 4 aromatic rings. The van der Waals surface area contributed by atoms with Crippen molar-refractivity contribution in [3.8, 4) is 17.2 Å². The van der Waals surface area contributed by atoms with Gasteiger partial charge in [0.2, 0.25) is 0 Å². The lowest BCUT2D eigenvalue weighted by Crippen LogP contribution is -2.28. The highest BCUT2D eigenvalue weighted by atomic mass is 35.5. The Bertz CT molecular complexity index is 1350. The molecule has 2 amide bonds. The van der Waals surface area contributed by atoms with Crippen molar-refractivity contribution in [1.29, 1.82) is 0 Å². The number of hydrogen-bond acceptors (Lipinski definition) is 6. The fourth-order valence-electron chi connectivity index (χ4n) is 3.46. The maximum Gasteiger partial charge on any atom is 0.259 e. The third-order valence-electron chi connectivity index (χ3n) is 5.21. The molecule has 8 nitrogen and oxygen atoms in total. The van der Waals surface area contributed by atoms with Gasteiger partial charge in [-0.2, -0.15) is 0 Å². The summed E-state index contributed by atoms with van der Waals surface area (Å²) in [5, 5.41) is 7.53. The molecule has 0 saturated heterocycles. The van der Waals surface area contributed by atoms with Crippen LogP contribution in [0.5, 0.6) is 17.2 Å². The molecule has 0 aliphatic rings. The molecule has 180 valence electrons. The van der Waals surface area contributed by atoms with Crippen LogP contribution in [-0.2, 0) is 11.3 Å². The van der Waals surface area contributed by atoms with Gasteiger partial charge in [0.15, 0.2) is 6.61 Å². The third-order valence-corrected chi connectivity index (χ3v) is 5.51. The fourth-order valence-corrected chi connectivity index (χ4v) is 3.70. The first-order valence-electron chi connectivity index (χ1n) is 10.7. The maximum absolute atomic E-state index is 13.3. The highest BCUT2D eigenvalue weighted by molar-refractivity contribution is 6.32.